The van der Waals surface area contributed by atoms with Gasteiger partial charge in [0.25, 0.3) is 0 Å². The molecule has 2 aromatic rings. The molecule has 0 aliphatic carbocycles. The van der Waals surface area contributed by atoms with Gasteiger partial charge in [-0.25, -0.2) is 9.97 Å². The Morgan fingerprint density at radius 3 is 2.95 bits per heavy atom. The van der Waals surface area contributed by atoms with E-state index in [0.29, 0.717) is 12.8 Å². The molecular formula is C15H22N4O. The van der Waals surface area contributed by atoms with E-state index in [1.807, 2.05) is 19.1 Å². The van der Waals surface area contributed by atoms with Crippen molar-refractivity contribution in [3.05, 3.63) is 24.2 Å². The van der Waals surface area contributed by atoms with Gasteiger partial charge >= 0.3 is 0 Å². The van der Waals surface area contributed by atoms with E-state index in [2.05, 4.69) is 26.8 Å². The summed E-state index contributed by atoms with van der Waals surface area (Å²) in [6.07, 6.45) is 4.91. The third-order valence-electron chi connectivity index (χ3n) is 3.18. The molecule has 0 spiro atoms. The smallest absolute Gasteiger partial charge is 0.220 e. The minimum absolute atomic E-state index is 0.0925. The maximum Gasteiger partial charge on any atom is 0.220 e. The molecule has 2 aromatic heterocycles. The number of carbonyl (C=O) groups excluding carboxylic acids is 1. The van der Waals surface area contributed by atoms with Crippen LogP contribution in [-0.2, 0) is 17.8 Å². The maximum absolute atomic E-state index is 11.7. The number of carbonyl (C=O) groups is 1. The Bertz CT molecular complexity index is 576. The molecular weight excluding hydrogens is 252 g/mol. The molecule has 0 saturated heterocycles. The van der Waals surface area contributed by atoms with Crippen molar-refractivity contribution in [3.63, 3.8) is 0 Å². The van der Waals surface area contributed by atoms with Crippen molar-refractivity contribution in [2.24, 2.45) is 0 Å². The third kappa shape index (κ3) is 3.35. The van der Waals surface area contributed by atoms with Crippen molar-refractivity contribution >= 4 is 17.1 Å². The number of aryl methyl sites for hydroxylation is 2. The lowest BCUT2D eigenvalue weighted by molar-refractivity contribution is -0.121. The number of pyridine rings is 1. The number of hydrogen-bond donors (Lipinski definition) is 1. The van der Waals surface area contributed by atoms with Gasteiger partial charge in [0.05, 0.1) is 0 Å². The fourth-order valence-electron chi connectivity index (χ4n) is 2.23. The third-order valence-corrected chi connectivity index (χ3v) is 3.18. The summed E-state index contributed by atoms with van der Waals surface area (Å²) in [7, 11) is 0. The quantitative estimate of drug-likeness (QED) is 0.842. The second-order valence-electron chi connectivity index (χ2n) is 4.88. The zero-order valence-electron chi connectivity index (χ0n) is 12.2. The van der Waals surface area contributed by atoms with Crippen LogP contribution in [0.5, 0.6) is 0 Å². The highest BCUT2D eigenvalue weighted by Crippen LogP contribution is 2.15. The Hall–Kier alpha value is -1.91. The molecule has 0 aliphatic rings. The summed E-state index contributed by atoms with van der Waals surface area (Å²) in [5.41, 5.74) is 1.82. The van der Waals surface area contributed by atoms with Gasteiger partial charge < -0.3 is 9.88 Å². The summed E-state index contributed by atoms with van der Waals surface area (Å²) in [5.74, 6) is 1.04. The minimum Gasteiger partial charge on any atom is -0.356 e. The van der Waals surface area contributed by atoms with Gasteiger partial charge in [-0.1, -0.05) is 13.8 Å². The Morgan fingerprint density at radius 2 is 2.20 bits per heavy atom. The number of amides is 1. The van der Waals surface area contributed by atoms with Crippen molar-refractivity contribution in [2.75, 3.05) is 6.54 Å². The largest absolute Gasteiger partial charge is 0.356 e. The van der Waals surface area contributed by atoms with E-state index >= 15 is 0 Å². The van der Waals surface area contributed by atoms with Gasteiger partial charge in [-0.2, -0.15) is 0 Å². The molecule has 20 heavy (non-hydrogen) atoms. The Balaban J connectivity index is 2.12. The number of nitrogens with zero attached hydrogens (tertiary/aromatic N) is 3. The molecule has 0 aromatic carbocycles. The van der Waals surface area contributed by atoms with Crippen LogP contribution in [-0.4, -0.2) is 27.0 Å². The van der Waals surface area contributed by atoms with Gasteiger partial charge in [-0.3, -0.25) is 4.79 Å². The first-order valence-corrected chi connectivity index (χ1v) is 7.33. The fourth-order valence-corrected chi connectivity index (χ4v) is 2.23. The number of rotatable bonds is 7. The van der Waals surface area contributed by atoms with Crippen molar-refractivity contribution in [1.82, 2.24) is 19.9 Å². The Morgan fingerprint density at radius 1 is 1.35 bits per heavy atom. The summed E-state index contributed by atoms with van der Waals surface area (Å²) >= 11 is 0. The van der Waals surface area contributed by atoms with E-state index in [9.17, 15) is 4.79 Å². The van der Waals surface area contributed by atoms with Crippen molar-refractivity contribution in [2.45, 2.75) is 46.1 Å². The number of fused-ring (bicyclic) bond motifs is 1. The van der Waals surface area contributed by atoms with Crippen LogP contribution in [0.3, 0.4) is 0 Å². The highest BCUT2D eigenvalue weighted by Gasteiger charge is 2.12. The molecule has 0 unspecified atom stereocenters. The average molecular weight is 274 g/mol. The maximum atomic E-state index is 11.7. The molecule has 5 heteroatoms. The van der Waals surface area contributed by atoms with E-state index < -0.39 is 0 Å². The van der Waals surface area contributed by atoms with E-state index in [0.717, 1.165) is 42.9 Å². The molecule has 1 N–H and O–H groups in total. The predicted octanol–water partition coefficient (Wildman–Crippen LogP) is 2.30. The molecule has 0 saturated carbocycles. The van der Waals surface area contributed by atoms with Gasteiger partial charge in [0.2, 0.25) is 5.91 Å². The second kappa shape index (κ2) is 7.03. The molecule has 0 atom stereocenters. The molecule has 0 bridgehead atoms. The van der Waals surface area contributed by atoms with Gasteiger partial charge in [0.15, 0.2) is 5.65 Å². The zero-order chi connectivity index (χ0) is 14.4. The summed E-state index contributed by atoms with van der Waals surface area (Å²) in [5, 5.41) is 2.90. The van der Waals surface area contributed by atoms with Crippen LogP contribution in [0.25, 0.3) is 11.2 Å². The lowest BCUT2D eigenvalue weighted by atomic mass is 10.2. The fraction of sp³-hybridized carbons (Fsp3) is 0.533. The van der Waals surface area contributed by atoms with Crippen LogP contribution in [0.2, 0.25) is 0 Å². The van der Waals surface area contributed by atoms with Gasteiger partial charge in [-0.05, 0) is 25.0 Å². The highest BCUT2D eigenvalue weighted by atomic mass is 16.1. The molecule has 2 rings (SSSR count). The standard InChI is InChI=1S/C15H22N4O/c1-3-9-16-14(20)8-7-13-18-12-6-5-10-17-15(12)19(13)11-4-2/h5-6,10H,3-4,7-9,11H2,1-2H3,(H,16,20). The summed E-state index contributed by atoms with van der Waals surface area (Å²) in [6, 6.07) is 3.86. The SMILES string of the molecule is CCCNC(=O)CCc1nc2cccnc2n1CCC. The van der Waals surface area contributed by atoms with E-state index in [1.54, 1.807) is 6.20 Å². The number of nitrogens with one attached hydrogen (secondary N) is 1. The minimum atomic E-state index is 0.0925. The molecule has 5 nitrogen and oxygen atoms in total. The predicted molar refractivity (Wildman–Crippen MR) is 79.4 cm³/mol. The Labute approximate surface area is 119 Å². The summed E-state index contributed by atoms with van der Waals surface area (Å²) in [6.45, 7) is 5.81. The first-order valence-electron chi connectivity index (χ1n) is 7.33. The van der Waals surface area contributed by atoms with Crippen LogP contribution in [0.15, 0.2) is 18.3 Å². The molecule has 108 valence electrons. The molecule has 0 radical (unpaired) electrons. The number of imidazole rings is 1. The topological polar surface area (TPSA) is 59.8 Å². The summed E-state index contributed by atoms with van der Waals surface area (Å²) in [4.78, 5) is 20.7. The Kier molecular flexibility index (Phi) is 5.09. The molecule has 1 amide bonds. The first-order chi connectivity index (χ1) is 9.76. The van der Waals surface area contributed by atoms with E-state index in [-0.39, 0.29) is 5.91 Å². The lowest BCUT2D eigenvalue weighted by Crippen LogP contribution is -2.24. The van der Waals surface area contributed by atoms with Crippen LogP contribution in [0, 0.1) is 0 Å². The van der Waals surface area contributed by atoms with E-state index in [4.69, 9.17) is 0 Å². The van der Waals surface area contributed by atoms with Crippen LogP contribution >= 0.6 is 0 Å². The molecule has 0 aliphatic heterocycles. The van der Waals surface area contributed by atoms with Crippen molar-refractivity contribution in [3.8, 4) is 0 Å². The lowest BCUT2D eigenvalue weighted by Gasteiger charge is -2.07. The van der Waals surface area contributed by atoms with Gasteiger partial charge in [0, 0.05) is 32.1 Å². The normalized spacial score (nSPS) is 10.9. The van der Waals surface area contributed by atoms with E-state index in [1.165, 1.54) is 0 Å². The van der Waals surface area contributed by atoms with Gasteiger partial charge in [-0.15, -0.1) is 0 Å². The second-order valence-corrected chi connectivity index (χ2v) is 4.88. The first kappa shape index (κ1) is 14.5. The summed E-state index contributed by atoms with van der Waals surface area (Å²) < 4.78 is 2.13. The van der Waals surface area contributed by atoms with Crippen molar-refractivity contribution in [1.29, 1.82) is 0 Å². The highest BCUT2D eigenvalue weighted by molar-refractivity contribution is 5.76. The monoisotopic (exact) mass is 274 g/mol. The van der Waals surface area contributed by atoms with Crippen LogP contribution in [0.4, 0.5) is 0 Å². The van der Waals surface area contributed by atoms with Crippen LogP contribution in [0.1, 0.15) is 38.9 Å². The molecule has 0 fully saturated rings. The number of aromatic nitrogens is 3. The molecule has 2 heterocycles. The average Bonchev–Trinajstić information content (AvgIpc) is 2.81. The van der Waals surface area contributed by atoms with Crippen molar-refractivity contribution < 1.29 is 4.79 Å². The van der Waals surface area contributed by atoms with Gasteiger partial charge in [0.1, 0.15) is 11.3 Å². The zero-order valence-corrected chi connectivity index (χ0v) is 12.2. The number of hydrogen-bond acceptors (Lipinski definition) is 3. The van der Waals surface area contributed by atoms with Crippen LogP contribution < -0.4 is 5.32 Å².